The summed E-state index contributed by atoms with van der Waals surface area (Å²) in [5.41, 5.74) is 1.71. The summed E-state index contributed by atoms with van der Waals surface area (Å²) in [4.78, 5) is 0. The van der Waals surface area contributed by atoms with Gasteiger partial charge in [0.05, 0.1) is 37.1 Å². The Labute approximate surface area is 423 Å². The van der Waals surface area contributed by atoms with Crippen LogP contribution in [0.25, 0.3) is 53.9 Å². The van der Waals surface area contributed by atoms with Crippen LogP contribution in [0, 0.1) is 24.7 Å². The second kappa shape index (κ2) is 23.6. The van der Waals surface area contributed by atoms with Crippen molar-refractivity contribution >= 4 is 90.9 Å². The Bertz CT molecular complexity index is 3250. The van der Waals surface area contributed by atoms with Gasteiger partial charge in [-0.1, -0.05) is 193 Å². The van der Waals surface area contributed by atoms with Gasteiger partial charge < -0.3 is 12.8 Å². The van der Waals surface area contributed by atoms with Crippen LogP contribution in [0.1, 0.15) is 11.1 Å². The minimum Gasteiger partial charge on any atom is -0.366 e. The molecule has 11 rings (SSSR count). The molecule has 0 amide bonds. The van der Waals surface area contributed by atoms with Gasteiger partial charge in [-0.3, -0.25) is 11.8 Å². The maximum absolute atomic E-state index is 7.56. The molecule has 0 aliphatic carbocycles. The normalized spacial score (nSPS) is 10.5. The van der Waals surface area contributed by atoms with Crippen molar-refractivity contribution in [2.24, 2.45) is 0 Å². The molecule has 0 atom stereocenters. The van der Waals surface area contributed by atoms with Crippen LogP contribution in [0.2, 0.25) is 0 Å². The van der Waals surface area contributed by atoms with Crippen molar-refractivity contribution in [2.75, 3.05) is 12.3 Å². The third-order valence-corrected chi connectivity index (χ3v) is 18.0. The van der Waals surface area contributed by atoms with Crippen molar-refractivity contribution in [1.82, 2.24) is 0 Å². The zero-order valence-corrected chi connectivity index (χ0v) is 41.1. The van der Waals surface area contributed by atoms with Crippen LogP contribution in [-0.4, -0.2) is 12.3 Å². The fourth-order valence-corrected chi connectivity index (χ4v) is 15.0. The molecule has 0 saturated carbocycles. The summed E-state index contributed by atoms with van der Waals surface area (Å²) in [5.74, 6) is 5.09. The third kappa shape index (κ3) is 10.9. The summed E-state index contributed by atoms with van der Waals surface area (Å²) in [7, 11) is -1.57. The zero-order valence-electron chi connectivity index (χ0n) is 36.1. The first kappa shape index (κ1) is 48.1. The summed E-state index contributed by atoms with van der Waals surface area (Å²) >= 11 is 0. The van der Waals surface area contributed by atoms with Crippen LogP contribution in [0.5, 0.6) is 0 Å². The third-order valence-electron chi connectivity index (χ3n) is 11.9. The Morgan fingerprint density at radius 1 is 0.273 bits per heavy atom. The molecule has 0 unspecified atom stereocenters. The molecule has 0 radical (unpaired) electrons. The van der Waals surface area contributed by atoms with E-state index in [4.69, 9.17) is 12.8 Å². The Balaban J connectivity index is 0.000000151. The van der Waals surface area contributed by atoms with Crippen LogP contribution in [0.3, 0.4) is 0 Å². The molecule has 0 bridgehead atoms. The molecule has 0 spiro atoms. The molecule has 4 heteroatoms. The molecule has 0 aromatic heterocycles. The first-order valence-electron chi connectivity index (χ1n) is 21.7. The molecule has 0 aliphatic heterocycles. The predicted molar refractivity (Wildman–Crippen MR) is 284 cm³/mol. The summed E-state index contributed by atoms with van der Waals surface area (Å²) in [6.07, 6.45) is 17.4. The van der Waals surface area contributed by atoms with Crippen LogP contribution >= 0.6 is 15.8 Å². The van der Waals surface area contributed by atoms with Crippen LogP contribution in [0.15, 0.2) is 243 Å². The number of fused-ring (bicyclic) bond motifs is 8. The van der Waals surface area contributed by atoms with Gasteiger partial charge in [0.25, 0.3) is 0 Å². The molecule has 324 valence electrons. The molecule has 0 heterocycles. The van der Waals surface area contributed by atoms with Gasteiger partial charge in [-0.05, 0) is 91.6 Å². The van der Waals surface area contributed by atoms with Gasteiger partial charge in [0.15, 0.2) is 0 Å². The second-order valence-electron chi connectivity index (χ2n) is 15.7. The van der Waals surface area contributed by atoms with Gasteiger partial charge in [-0.15, -0.1) is 23.3 Å². The van der Waals surface area contributed by atoms with Crippen molar-refractivity contribution in [3.63, 3.8) is 0 Å². The standard InChI is InChI=1S/C26H24P2.C20H11.C16H9.2Ag/c1-5-13-23(14-6-1)27(24-15-7-2-8-16-24)21-22-28(25-17-9-3-10-18-25)26-19-11-4-12-20-26;1-2-14-13-20-17-9-4-3-7-15(17)11-12-19(20)18-10-6-5-8-16(14)18;1-2-12-11-13-7-3-4-9-15(13)16-10-6-5-8-14(12)16;;/h1-20H,21-22H2;3-13H;3-11H;;/q;2*-1;2*+1/p+2. The molecule has 0 saturated heterocycles. The van der Waals surface area contributed by atoms with E-state index in [1.54, 1.807) is 0 Å². The van der Waals surface area contributed by atoms with E-state index in [0.29, 0.717) is 0 Å². The van der Waals surface area contributed by atoms with Gasteiger partial charge in [0, 0.05) is 0 Å². The minimum absolute atomic E-state index is 0. The molecule has 0 N–H and O–H groups in total. The molecule has 11 aromatic carbocycles. The Morgan fingerprint density at radius 3 is 1.00 bits per heavy atom. The summed E-state index contributed by atoms with van der Waals surface area (Å²) in [5, 5.41) is 17.9. The number of benzene rings is 11. The quantitative estimate of drug-likeness (QED) is 0.0491. The Kier molecular flexibility index (Phi) is 17.2. The molecule has 11 aromatic rings. The van der Waals surface area contributed by atoms with E-state index in [1.807, 2.05) is 48.5 Å². The number of hydrogen-bond donors (Lipinski definition) is 0. The molecule has 0 fully saturated rings. The van der Waals surface area contributed by atoms with Gasteiger partial charge in [-0.2, -0.15) is 0 Å². The number of rotatable bonds is 7. The molecular weight excluding hydrogens is 1020 g/mol. The first-order valence-corrected chi connectivity index (χ1v) is 25.1. The molecular formula is C62H46Ag2P2+2. The smallest absolute Gasteiger partial charge is 0.366 e. The molecule has 66 heavy (non-hydrogen) atoms. The van der Waals surface area contributed by atoms with Gasteiger partial charge in [-0.25, -0.2) is 0 Å². The first-order chi connectivity index (χ1) is 31.7. The van der Waals surface area contributed by atoms with Crippen molar-refractivity contribution in [3.8, 4) is 11.8 Å². The van der Waals surface area contributed by atoms with E-state index in [1.165, 1.54) is 71.2 Å². The second-order valence-corrected chi connectivity index (χ2v) is 20.9. The SMILES string of the molecule is [Ag+].[Ag+].[C-]#Cc1cc2c3ccccc3ccc2c2ccccc12.[C-]#Cc1cc2ccccc2c2ccccc12.c1ccc([PH+](CC[PH+](c2ccccc2)c2ccccc2)c2ccccc2)cc1. The van der Waals surface area contributed by atoms with Crippen LogP contribution < -0.4 is 21.2 Å². The van der Waals surface area contributed by atoms with E-state index in [0.717, 1.165) is 27.3 Å². The average molecular weight is 1070 g/mol. The van der Waals surface area contributed by atoms with E-state index >= 15 is 0 Å². The monoisotopic (exact) mass is 1070 g/mol. The zero-order chi connectivity index (χ0) is 43.5. The maximum Gasteiger partial charge on any atom is 1.00 e. The maximum atomic E-state index is 7.56. The number of hydrogen-bond acceptors (Lipinski definition) is 0. The fourth-order valence-electron chi connectivity index (χ4n) is 8.84. The van der Waals surface area contributed by atoms with Crippen molar-refractivity contribution in [3.05, 3.63) is 267 Å². The van der Waals surface area contributed by atoms with Crippen LogP contribution in [0.4, 0.5) is 0 Å². The topological polar surface area (TPSA) is 0 Å². The van der Waals surface area contributed by atoms with E-state index in [9.17, 15) is 0 Å². The summed E-state index contributed by atoms with van der Waals surface area (Å²) in [6, 6.07) is 86.0. The summed E-state index contributed by atoms with van der Waals surface area (Å²) < 4.78 is 0. The summed E-state index contributed by atoms with van der Waals surface area (Å²) in [6.45, 7) is 0. The molecule has 0 aliphatic rings. The van der Waals surface area contributed by atoms with Crippen LogP contribution in [-0.2, 0) is 44.8 Å². The predicted octanol–water partition coefficient (Wildman–Crippen LogP) is 13.7. The van der Waals surface area contributed by atoms with Crippen molar-refractivity contribution in [2.45, 2.75) is 0 Å². The van der Waals surface area contributed by atoms with Gasteiger partial charge in [0.2, 0.25) is 0 Å². The Morgan fingerprint density at radius 2 is 0.576 bits per heavy atom. The van der Waals surface area contributed by atoms with E-state index < -0.39 is 15.8 Å². The van der Waals surface area contributed by atoms with Crippen molar-refractivity contribution in [1.29, 1.82) is 0 Å². The van der Waals surface area contributed by atoms with E-state index in [2.05, 4.69) is 206 Å². The van der Waals surface area contributed by atoms with Gasteiger partial charge >= 0.3 is 44.8 Å². The largest absolute Gasteiger partial charge is 1.00 e. The fraction of sp³-hybridized carbons (Fsp3) is 0.0323. The molecule has 0 nitrogen and oxygen atoms in total. The minimum atomic E-state index is -0.783. The average Bonchev–Trinajstić information content (AvgIpc) is 3.38. The van der Waals surface area contributed by atoms with Gasteiger partial charge in [0.1, 0.15) is 12.3 Å². The Hall–Kier alpha value is -5.82. The van der Waals surface area contributed by atoms with Crippen molar-refractivity contribution < 1.29 is 44.8 Å². The van der Waals surface area contributed by atoms with E-state index in [-0.39, 0.29) is 44.8 Å².